The number of ether oxygens (including phenoxy) is 3. The second kappa shape index (κ2) is 18.2. The van der Waals surface area contributed by atoms with Gasteiger partial charge in [-0.15, -0.1) is 0 Å². The molecule has 0 radical (unpaired) electrons. The van der Waals surface area contributed by atoms with Crippen LogP contribution in [0.15, 0.2) is 30.3 Å². The predicted molar refractivity (Wildman–Crippen MR) is 134 cm³/mol. The molecule has 1 atom stereocenters. The summed E-state index contributed by atoms with van der Waals surface area (Å²) < 4.78 is 16.2. The molecule has 1 aromatic carbocycles. The largest absolute Gasteiger partial charge is 0.489 e. The maximum atomic E-state index is 12.3. The van der Waals surface area contributed by atoms with Crippen LogP contribution in [-0.4, -0.2) is 31.3 Å². The van der Waals surface area contributed by atoms with Crippen molar-refractivity contribution in [3.8, 4) is 5.75 Å². The first-order valence-corrected chi connectivity index (χ1v) is 12.8. The molecule has 0 saturated heterocycles. The zero-order chi connectivity index (χ0) is 24.3. The molecular formula is C28H44O5. The smallest absolute Gasteiger partial charge is 0.324 e. The van der Waals surface area contributed by atoms with E-state index in [0.717, 1.165) is 12.0 Å². The molecule has 0 aliphatic rings. The molecule has 1 unspecified atom stereocenters. The number of allylic oxidation sites excluding steroid dienone is 1. The summed E-state index contributed by atoms with van der Waals surface area (Å²) in [4.78, 5) is 24.7. The Morgan fingerprint density at radius 2 is 1.36 bits per heavy atom. The van der Waals surface area contributed by atoms with Gasteiger partial charge < -0.3 is 14.2 Å². The van der Waals surface area contributed by atoms with Gasteiger partial charge in [0.15, 0.2) is 5.92 Å². The van der Waals surface area contributed by atoms with Crippen molar-refractivity contribution in [2.75, 3.05) is 13.2 Å². The van der Waals surface area contributed by atoms with Crippen molar-refractivity contribution < 1.29 is 23.8 Å². The summed E-state index contributed by atoms with van der Waals surface area (Å²) in [7, 11) is 0. The molecule has 0 fully saturated rings. The lowest BCUT2D eigenvalue weighted by molar-refractivity contribution is -0.165. The first kappa shape index (κ1) is 28.7. The van der Waals surface area contributed by atoms with Gasteiger partial charge in [0, 0.05) is 5.56 Å². The van der Waals surface area contributed by atoms with Gasteiger partial charge in [-0.25, -0.2) is 0 Å². The Kier molecular flexibility index (Phi) is 15.8. The number of carbonyl (C=O) groups excluding carboxylic acids is 2. The van der Waals surface area contributed by atoms with Gasteiger partial charge in [0.2, 0.25) is 0 Å². The summed E-state index contributed by atoms with van der Waals surface area (Å²) >= 11 is 0. The van der Waals surface area contributed by atoms with E-state index in [9.17, 15) is 9.59 Å². The lowest BCUT2D eigenvalue weighted by Gasteiger charge is -2.22. The standard InChI is InChI=1S/C28H44O5/c1-5-8-9-10-11-12-13-14-15-16-17-20-24-21-18-19-22-25(24)33-23(4)26(27(29)31-6-2)28(30)32-7-3/h17-23,26H,5-16H2,1-4H3/b20-17-. The van der Waals surface area contributed by atoms with Crippen LogP contribution in [-0.2, 0) is 19.1 Å². The lowest BCUT2D eigenvalue weighted by atomic mass is 10.0. The van der Waals surface area contributed by atoms with Crippen LogP contribution in [0.4, 0.5) is 0 Å². The van der Waals surface area contributed by atoms with Gasteiger partial charge in [0.05, 0.1) is 13.2 Å². The van der Waals surface area contributed by atoms with Crippen molar-refractivity contribution in [3.63, 3.8) is 0 Å². The fourth-order valence-corrected chi connectivity index (χ4v) is 3.72. The summed E-state index contributed by atoms with van der Waals surface area (Å²) in [6.07, 6.45) is 16.4. The number of esters is 2. The highest BCUT2D eigenvalue weighted by atomic mass is 16.6. The van der Waals surface area contributed by atoms with E-state index in [0.29, 0.717) is 5.75 Å². The molecule has 0 aliphatic carbocycles. The topological polar surface area (TPSA) is 61.8 Å². The molecule has 0 bridgehead atoms. The van der Waals surface area contributed by atoms with Gasteiger partial charge in [-0.1, -0.05) is 88.6 Å². The summed E-state index contributed by atoms with van der Waals surface area (Å²) in [5.41, 5.74) is 0.923. The number of unbranched alkanes of at least 4 members (excludes halogenated alkanes) is 9. The molecule has 1 rings (SSSR count). The number of para-hydroxylation sites is 1. The third-order valence-corrected chi connectivity index (χ3v) is 5.55. The Morgan fingerprint density at radius 1 is 0.818 bits per heavy atom. The van der Waals surface area contributed by atoms with Crippen LogP contribution in [0, 0.1) is 5.92 Å². The number of hydrogen-bond acceptors (Lipinski definition) is 5. The van der Waals surface area contributed by atoms with E-state index in [2.05, 4.69) is 19.1 Å². The molecule has 0 N–H and O–H groups in total. The molecular weight excluding hydrogens is 416 g/mol. The number of carbonyl (C=O) groups is 2. The zero-order valence-electron chi connectivity index (χ0n) is 21.1. The molecule has 5 nitrogen and oxygen atoms in total. The van der Waals surface area contributed by atoms with Crippen LogP contribution in [0.1, 0.15) is 97.5 Å². The van der Waals surface area contributed by atoms with Crippen molar-refractivity contribution in [3.05, 3.63) is 35.9 Å². The maximum Gasteiger partial charge on any atom is 0.324 e. The van der Waals surface area contributed by atoms with Crippen molar-refractivity contribution >= 4 is 18.0 Å². The van der Waals surface area contributed by atoms with Crippen molar-refractivity contribution in [1.82, 2.24) is 0 Å². The summed E-state index contributed by atoms with van der Waals surface area (Å²) in [5.74, 6) is -1.74. The highest BCUT2D eigenvalue weighted by Crippen LogP contribution is 2.24. The quantitative estimate of drug-likeness (QED) is 0.132. The van der Waals surface area contributed by atoms with Gasteiger partial charge in [0.25, 0.3) is 0 Å². The van der Waals surface area contributed by atoms with Gasteiger partial charge in [-0.2, -0.15) is 0 Å². The maximum absolute atomic E-state index is 12.3. The van der Waals surface area contributed by atoms with Gasteiger partial charge in [-0.05, 0) is 39.7 Å². The minimum atomic E-state index is -1.12. The molecule has 0 saturated carbocycles. The Morgan fingerprint density at radius 3 is 1.94 bits per heavy atom. The summed E-state index contributed by atoms with van der Waals surface area (Å²) in [6, 6.07) is 7.65. The van der Waals surface area contributed by atoms with Crippen LogP contribution < -0.4 is 4.74 Å². The van der Waals surface area contributed by atoms with E-state index in [-0.39, 0.29) is 13.2 Å². The summed E-state index contributed by atoms with van der Waals surface area (Å²) in [5, 5.41) is 0. The molecule has 1 aromatic rings. The Bertz CT molecular complexity index is 679. The third kappa shape index (κ3) is 11.9. The highest BCUT2D eigenvalue weighted by molar-refractivity contribution is 5.95. The van der Waals surface area contributed by atoms with E-state index in [4.69, 9.17) is 14.2 Å². The number of hydrogen-bond donors (Lipinski definition) is 0. The lowest BCUT2D eigenvalue weighted by Crippen LogP contribution is -2.39. The normalized spacial score (nSPS) is 12.2. The van der Waals surface area contributed by atoms with Crippen molar-refractivity contribution in [2.24, 2.45) is 5.92 Å². The van der Waals surface area contributed by atoms with Crippen LogP contribution in [0.25, 0.3) is 6.08 Å². The minimum Gasteiger partial charge on any atom is -0.489 e. The van der Waals surface area contributed by atoms with Crippen LogP contribution >= 0.6 is 0 Å². The molecule has 0 amide bonds. The van der Waals surface area contributed by atoms with Gasteiger partial charge in [-0.3, -0.25) is 9.59 Å². The van der Waals surface area contributed by atoms with Gasteiger partial charge in [0.1, 0.15) is 11.9 Å². The fourth-order valence-electron chi connectivity index (χ4n) is 3.72. The number of rotatable bonds is 18. The number of benzene rings is 1. The molecule has 33 heavy (non-hydrogen) atoms. The van der Waals surface area contributed by atoms with Crippen LogP contribution in [0.2, 0.25) is 0 Å². The average Bonchev–Trinajstić information content (AvgIpc) is 2.79. The highest BCUT2D eigenvalue weighted by Gasteiger charge is 2.36. The van der Waals surface area contributed by atoms with E-state index in [1.807, 2.05) is 24.3 Å². The first-order valence-electron chi connectivity index (χ1n) is 12.8. The molecule has 0 heterocycles. The molecule has 0 aliphatic heterocycles. The third-order valence-electron chi connectivity index (χ3n) is 5.55. The Hall–Kier alpha value is -2.30. The Labute approximate surface area is 200 Å². The second-order valence-corrected chi connectivity index (χ2v) is 8.36. The van der Waals surface area contributed by atoms with E-state index >= 15 is 0 Å². The van der Waals surface area contributed by atoms with E-state index in [1.165, 1.54) is 57.8 Å². The van der Waals surface area contributed by atoms with Crippen molar-refractivity contribution in [2.45, 2.75) is 98.0 Å². The van der Waals surface area contributed by atoms with Crippen LogP contribution in [0.5, 0.6) is 5.75 Å². The Balaban J connectivity index is 2.57. The second-order valence-electron chi connectivity index (χ2n) is 8.36. The van der Waals surface area contributed by atoms with E-state index in [1.54, 1.807) is 20.8 Å². The van der Waals surface area contributed by atoms with Gasteiger partial charge >= 0.3 is 11.9 Å². The predicted octanol–water partition coefficient (Wildman–Crippen LogP) is 7.13. The average molecular weight is 461 g/mol. The monoisotopic (exact) mass is 460 g/mol. The SMILES string of the molecule is CCCCCCCCCCC/C=C\c1ccccc1OC(C)C(C(=O)OCC)C(=O)OCC. The fraction of sp³-hybridized carbons (Fsp3) is 0.643. The molecule has 186 valence electrons. The van der Waals surface area contributed by atoms with E-state index < -0.39 is 24.0 Å². The molecule has 0 aromatic heterocycles. The zero-order valence-corrected chi connectivity index (χ0v) is 21.1. The minimum absolute atomic E-state index is 0.194. The first-order chi connectivity index (χ1) is 16.0. The molecule has 5 heteroatoms. The summed E-state index contributed by atoms with van der Waals surface area (Å²) in [6.45, 7) is 7.75. The van der Waals surface area contributed by atoms with Crippen molar-refractivity contribution in [1.29, 1.82) is 0 Å². The molecule has 0 spiro atoms. The van der Waals surface area contributed by atoms with Crippen LogP contribution in [0.3, 0.4) is 0 Å².